The molecule has 2 aromatic carbocycles. The topological polar surface area (TPSA) is 80.8 Å². The van der Waals surface area contributed by atoms with Crippen LogP contribution in [0.3, 0.4) is 0 Å². The Kier molecular flexibility index (Phi) is 5.65. The second-order valence-electron chi connectivity index (χ2n) is 7.20. The number of halogens is 1. The standard InChI is InChI=1S/C23H18FNO5S/c1-31(29)18-5-2-14(3-6-18)10-15-11-16(20-13-17(24)4-7-19(15)20)12-23(28)30-25-21(26)8-9-22(25)27/h2-7,10-11,13H,8-9,12H2,1H3/b15-10-/t31-/m0/s1. The quantitative estimate of drug-likeness (QED) is 0.666. The number of hydrogen-bond donors (Lipinski definition) is 0. The van der Waals surface area contributed by atoms with Gasteiger partial charge >= 0.3 is 5.97 Å². The van der Waals surface area contributed by atoms with Crippen LogP contribution in [0.2, 0.25) is 0 Å². The Hall–Kier alpha value is -3.39. The van der Waals surface area contributed by atoms with Gasteiger partial charge < -0.3 is 4.84 Å². The maximum absolute atomic E-state index is 13.9. The van der Waals surface area contributed by atoms with E-state index in [1.165, 1.54) is 12.1 Å². The van der Waals surface area contributed by atoms with Gasteiger partial charge in [0.15, 0.2) is 0 Å². The van der Waals surface area contributed by atoms with E-state index in [1.54, 1.807) is 30.5 Å². The molecule has 1 atom stereocenters. The number of allylic oxidation sites excluding steroid dienone is 2. The fourth-order valence-corrected chi connectivity index (χ4v) is 4.04. The molecule has 2 aliphatic rings. The molecule has 2 amide bonds. The third-order valence-electron chi connectivity index (χ3n) is 5.04. The molecule has 1 aliphatic carbocycles. The number of imide groups is 1. The maximum Gasteiger partial charge on any atom is 0.337 e. The highest BCUT2D eigenvalue weighted by molar-refractivity contribution is 7.84. The van der Waals surface area contributed by atoms with Gasteiger partial charge in [0.2, 0.25) is 0 Å². The van der Waals surface area contributed by atoms with Gasteiger partial charge in [-0.1, -0.05) is 18.2 Å². The lowest BCUT2D eigenvalue weighted by molar-refractivity contribution is -0.196. The predicted molar refractivity (Wildman–Crippen MR) is 113 cm³/mol. The minimum absolute atomic E-state index is 0.0140. The van der Waals surface area contributed by atoms with E-state index in [4.69, 9.17) is 4.84 Å². The summed E-state index contributed by atoms with van der Waals surface area (Å²) in [6.45, 7) is 0. The van der Waals surface area contributed by atoms with Gasteiger partial charge in [-0.05, 0) is 64.3 Å². The highest BCUT2D eigenvalue weighted by Gasteiger charge is 2.33. The Morgan fingerprint density at radius 2 is 1.77 bits per heavy atom. The molecule has 6 nitrogen and oxygen atoms in total. The Labute approximate surface area is 180 Å². The van der Waals surface area contributed by atoms with E-state index in [0.29, 0.717) is 21.1 Å². The van der Waals surface area contributed by atoms with Crippen molar-refractivity contribution in [3.05, 3.63) is 71.0 Å². The number of amides is 2. The van der Waals surface area contributed by atoms with Crippen LogP contribution in [-0.2, 0) is 30.0 Å². The van der Waals surface area contributed by atoms with Gasteiger partial charge in [-0.3, -0.25) is 13.8 Å². The Balaban J connectivity index is 1.61. The molecule has 1 aliphatic heterocycles. The molecular formula is C23H18FNO5S. The Morgan fingerprint density at radius 3 is 2.42 bits per heavy atom. The number of hydroxylamine groups is 2. The third-order valence-corrected chi connectivity index (χ3v) is 5.97. The molecule has 2 aromatic rings. The maximum atomic E-state index is 13.9. The van der Waals surface area contributed by atoms with Gasteiger partial charge in [-0.15, -0.1) is 5.06 Å². The molecule has 0 radical (unpaired) electrons. The zero-order valence-electron chi connectivity index (χ0n) is 16.6. The third kappa shape index (κ3) is 4.39. The number of nitrogens with zero attached hydrogens (tertiary/aromatic N) is 1. The normalized spacial score (nSPS) is 17.7. The number of rotatable bonds is 5. The Morgan fingerprint density at radius 1 is 1.10 bits per heavy atom. The monoisotopic (exact) mass is 439 g/mol. The van der Waals surface area contributed by atoms with E-state index in [2.05, 4.69) is 0 Å². The van der Waals surface area contributed by atoms with Crippen molar-refractivity contribution < 1.29 is 27.8 Å². The number of benzene rings is 2. The summed E-state index contributed by atoms with van der Waals surface area (Å²) >= 11 is 0. The summed E-state index contributed by atoms with van der Waals surface area (Å²) in [4.78, 5) is 41.3. The van der Waals surface area contributed by atoms with Crippen LogP contribution in [0.4, 0.5) is 4.39 Å². The SMILES string of the molecule is C[S@](=O)c1ccc(/C=C2/C=C(CC(=O)ON3C(=O)CCC3=O)c3cc(F)ccc32)cc1. The second kappa shape index (κ2) is 8.39. The molecule has 4 rings (SSSR count). The van der Waals surface area contributed by atoms with Gasteiger partial charge in [0.1, 0.15) is 5.82 Å². The minimum Gasteiger partial charge on any atom is -0.330 e. The molecule has 0 N–H and O–H groups in total. The zero-order chi connectivity index (χ0) is 22.1. The molecule has 158 valence electrons. The smallest absolute Gasteiger partial charge is 0.330 e. The number of hydrogen-bond acceptors (Lipinski definition) is 5. The largest absolute Gasteiger partial charge is 0.337 e. The first kappa shape index (κ1) is 20.9. The van der Waals surface area contributed by atoms with Crippen molar-refractivity contribution in [2.24, 2.45) is 0 Å². The van der Waals surface area contributed by atoms with Crippen molar-refractivity contribution in [3.8, 4) is 0 Å². The number of fused-ring (bicyclic) bond motifs is 1. The van der Waals surface area contributed by atoms with Crippen molar-refractivity contribution in [1.82, 2.24) is 5.06 Å². The van der Waals surface area contributed by atoms with E-state index in [0.717, 1.165) is 16.7 Å². The first-order valence-electron chi connectivity index (χ1n) is 9.54. The molecule has 1 heterocycles. The molecule has 0 spiro atoms. The van der Waals surface area contributed by atoms with E-state index in [-0.39, 0.29) is 19.3 Å². The molecule has 0 saturated carbocycles. The second-order valence-corrected chi connectivity index (χ2v) is 8.58. The van der Waals surface area contributed by atoms with E-state index in [9.17, 15) is 23.0 Å². The highest BCUT2D eigenvalue weighted by atomic mass is 32.2. The average Bonchev–Trinajstić information content (AvgIpc) is 3.22. The molecule has 1 fully saturated rings. The zero-order valence-corrected chi connectivity index (χ0v) is 17.4. The van der Waals surface area contributed by atoms with Gasteiger partial charge in [-0.2, -0.15) is 0 Å². The molecule has 8 heteroatoms. The van der Waals surface area contributed by atoms with Gasteiger partial charge in [0, 0.05) is 34.8 Å². The van der Waals surface area contributed by atoms with Crippen LogP contribution in [0.15, 0.2) is 53.4 Å². The lowest BCUT2D eigenvalue weighted by atomic mass is 10.0. The van der Waals surface area contributed by atoms with Gasteiger partial charge in [0.05, 0.1) is 6.42 Å². The fraction of sp³-hybridized carbons (Fsp3) is 0.174. The fourth-order valence-electron chi connectivity index (χ4n) is 3.53. The summed E-state index contributed by atoms with van der Waals surface area (Å²) in [7, 11) is -1.08. The van der Waals surface area contributed by atoms with Crippen LogP contribution in [0, 0.1) is 5.82 Å². The lowest BCUT2D eigenvalue weighted by Crippen LogP contribution is -2.32. The summed E-state index contributed by atoms with van der Waals surface area (Å²) in [6, 6.07) is 11.5. The van der Waals surface area contributed by atoms with E-state index in [1.807, 2.05) is 18.2 Å². The minimum atomic E-state index is -1.08. The van der Waals surface area contributed by atoms with Crippen molar-refractivity contribution >= 4 is 45.8 Å². The van der Waals surface area contributed by atoms with Crippen LogP contribution in [0.1, 0.15) is 36.0 Å². The van der Waals surface area contributed by atoms with Crippen LogP contribution in [0.5, 0.6) is 0 Å². The molecular weight excluding hydrogens is 421 g/mol. The number of carbonyl (C=O) groups excluding carboxylic acids is 3. The molecule has 0 aromatic heterocycles. The van der Waals surface area contributed by atoms with Crippen molar-refractivity contribution in [2.75, 3.05) is 6.26 Å². The van der Waals surface area contributed by atoms with Crippen molar-refractivity contribution in [3.63, 3.8) is 0 Å². The van der Waals surface area contributed by atoms with Crippen LogP contribution in [0.25, 0.3) is 17.2 Å². The highest BCUT2D eigenvalue weighted by Crippen LogP contribution is 2.38. The lowest BCUT2D eigenvalue weighted by Gasteiger charge is -2.13. The average molecular weight is 439 g/mol. The summed E-state index contributed by atoms with van der Waals surface area (Å²) in [5.74, 6) is -2.33. The van der Waals surface area contributed by atoms with Gasteiger partial charge in [0.25, 0.3) is 11.8 Å². The Bertz CT molecular complexity index is 1170. The first-order chi connectivity index (χ1) is 14.8. The summed E-state index contributed by atoms with van der Waals surface area (Å²) in [5, 5.41) is 0.500. The predicted octanol–water partition coefficient (Wildman–Crippen LogP) is 3.50. The first-order valence-corrected chi connectivity index (χ1v) is 11.1. The summed E-state index contributed by atoms with van der Waals surface area (Å²) < 4.78 is 25.5. The van der Waals surface area contributed by atoms with Crippen molar-refractivity contribution in [2.45, 2.75) is 24.2 Å². The van der Waals surface area contributed by atoms with Crippen molar-refractivity contribution in [1.29, 1.82) is 0 Å². The van der Waals surface area contributed by atoms with E-state index < -0.39 is 34.4 Å². The van der Waals surface area contributed by atoms with Crippen LogP contribution >= 0.6 is 0 Å². The molecule has 31 heavy (non-hydrogen) atoms. The van der Waals surface area contributed by atoms with Gasteiger partial charge in [-0.25, -0.2) is 9.18 Å². The van der Waals surface area contributed by atoms with Crippen LogP contribution < -0.4 is 0 Å². The molecule has 0 unspecified atom stereocenters. The summed E-state index contributed by atoms with van der Waals surface area (Å²) in [6.07, 6.45) is 5.04. The van der Waals surface area contributed by atoms with Crippen LogP contribution in [-0.4, -0.2) is 33.3 Å². The number of carbonyl (C=O) groups is 3. The summed E-state index contributed by atoms with van der Waals surface area (Å²) in [5.41, 5.74) is 3.45. The van der Waals surface area contributed by atoms with E-state index >= 15 is 0 Å². The molecule has 1 saturated heterocycles. The molecule has 0 bridgehead atoms.